The number of aliphatic hydroxyl groups is 2. The third-order valence-electron chi connectivity index (χ3n) is 9.16. The number of esters is 2. The molecule has 40 heavy (non-hydrogen) atoms. The molecule has 1 saturated carbocycles. The third-order valence-corrected chi connectivity index (χ3v) is 14.2. The van der Waals surface area contributed by atoms with Gasteiger partial charge >= 0.3 is 11.9 Å². The highest BCUT2D eigenvalue weighted by Gasteiger charge is 2.69. The van der Waals surface area contributed by atoms with Crippen molar-refractivity contribution < 1.29 is 38.7 Å². The number of ether oxygens (including phenoxy) is 4. The Hall–Kier alpha value is -0.270. The van der Waals surface area contributed by atoms with Crippen LogP contribution in [0.2, 0.25) is 0 Å². The minimum absolute atomic E-state index is 0.189. The summed E-state index contributed by atoms with van der Waals surface area (Å²) in [5.74, 6) is -2.54. The van der Waals surface area contributed by atoms with Crippen molar-refractivity contribution in [3.63, 3.8) is 0 Å². The van der Waals surface area contributed by atoms with E-state index in [4.69, 9.17) is 18.9 Å². The summed E-state index contributed by atoms with van der Waals surface area (Å²) in [6, 6.07) is 0. The Balaban J connectivity index is 1.56. The van der Waals surface area contributed by atoms with E-state index in [1.807, 2.05) is 32.9 Å². The summed E-state index contributed by atoms with van der Waals surface area (Å²) in [7, 11) is 1.47. The lowest BCUT2D eigenvalue weighted by Gasteiger charge is -2.48. The number of aliphatic hydroxyl groups excluding tert-OH is 2. The predicted molar refractivity (Wildman–Crippen MR) is 170 cm³/mol. The van der Waals surface area contributed by atoms with E-state index in [9.17, 15) is 19.8 Å². The van der Waals surface area contributed by atoms with Crippen molar-refractivity contribution >= 4 is 79.7 Å². The lowest BCUT2D eigenvalue weighted by atomic mass is 9.57. The fraction of sp³-hybridized carbons (Fsp3) is 0.643. The number of methoxy groups -OCH3 is 1. The van der Waals surface area contributed by atoms with Crippen LogP contribution in [0.1, 0.15) is 44.6 Å². The average molecular weight is 893 g/mol. The van der Waals surface area contributed by atoms with Crippen molar-refractivity contribution in [1.82, 2.24) is 4.98 Å². The molecule has 5 rings (SSSR count). The van der Waals surface area contributed by atoms with Crippen molar-refractivity contribution in [3.8, 4) is 0 Å². The zero-order valence-corrected chi connectivity index (χ0v) is 29.2. The van der Waals surface area contributed by atoms with Crippen LogP contribution in [-0.4, -0.2) is 76.5 Å². The second kappa shape index (κ2) is 11.7. The second-order valence-electron chi connectivity index (χ2n) is 11.4. The number of halogens is 3. The van der Waals surface area contributed by atoms with Crippen LogP contribution in [0.5, 0.6) is 0 Å². The van der Waals surface area contributed by atoms with E-state index >= 15 is 0 Å². The number of aromatic amines is 1. The van der Waals surface area contributed by atoms with E-state index < -0.39 is 54.2 Å². The first-order valence-electron chi connectivity index (χ1n) is 13.4. The molecule has 0 radical (unpaired) electrons. The van der Waals surface area contributed by atoms with Gasteiger partial charge in [0.05, 0.1) is 23.0 Å². The maximum absolute atomic E-state index is 13.4. The highest BCUT2D eigenvalue weighted by atomic mass is 127. The number of carbonyl (C=O) groups excluding carboxylic acids is 2. The molecule has 220 valence electrons. The van der Waals surface area contributed by atoms with E-state index in [1.54, 1.807) is 6.92 Å². The van der Waals surface area contributed by atoms with Crippen LogP contribution in [0.3, 0.4) is 0 Å². The maximum Gasteiger partial charge on any atom is 0.356 e. The molecule has 12 atom stereocenters. The van der Waals surface area contributed by atoms with Gasteiger partial charge in [-0.25, -0.2) is 9.59 Å². The van der Waals surface area contributed by atoms with Gasteiger partial charge in [-0.3, -0.25) is 0 Å². The lowest BCUT2D eigenvalue weighted by Crippen LogP contribution is -2.57. The van der Waals surface area contributed by atoms with Crippen LogP contribution in [0, 0.1) is 40.4 Å². The third kappa shape index (κ3) is 4.92. The van der Waals surface area contributed by atoms with Gasteiger partial charge in [0.2, 0.25) is 0 Å². The van der Waals surface area contributed by atoms with Crippen LogP contribution in [0.25, 0.3) is 0 Å². The summed E-state index contributed by atoms with van der Waals surface area (Å²) in [5, 5.41) is 22.3. The van der Waals surface area contributed by atoms with Crippen molar-refractivity contribution in [1.29, 1.82) is 0 Å². The Morgan fingerprint density at radius 2 is 1.93 bits per heavy atom. The summed E-state index contributed by atoms with van der Waals surface area (Å²) in [6.07, 6.45) is 1.82. The SMILES string of the molecule is CO[C@H]1CC2C=C[C@H]3[C@H]4O[C@]2(/C(C)=C/[C@@H](C)[C@@H](C(C)O)OC1=O)[C@@H]3[C@H](O)[C@@H](C)[C@H]4OC(=O)c1[nH]c(I)c(I)c1I. The van der Waals surface area contributed by atoms with Crippen LogP contribution in [-0.2, 0) is 23.7 Å². The van der Waals surface area contributed by atoms with E-state index in [0.717, 1.165) is 16.4 Å². The van der Waals surface area contributed by atoms with E-state index in [1.165, 1.54) is 7.11 Å². The number of aromatic nitrogens is 1. The molecule has 1 aromatic rings. The molecule has 1 spiro atoms. The molecule has 3 heterocycles. The molecule has 2 aliphatic carbocycles. The van der Waals surface area contributed by atoms with Crippen molar-refractivity contribution in [3.05, 3.63) is 40.3 Å². The number of nitrogens with one attached hydrogen (secondary N) is 1. The molecule has 12 heteroatoms. The van der Waals surface area contributed by atoms with Crippen molar-refractivity contribution in [2.45, 2.75) is 76.3 Å². The van der Waals surface area contributed by atoms with Gasteiger partial charge in [-0.1, -0.05) is 32.1 Å². The summed E-state index contributed by atoms with van der Waals surface area (Å²) >= 11 is 6.49. The number of carbonyl (C=O) groups is 2. The van der Waals surface area contributed by atoms with Crippen LogP contribution >= 0.6 is 67.8 Å². The lowest BCUT2D eigenvalue weighted by molar-refractivity contribution is -0.172. The standard InChI is InChI=1S/C28H34I3NO8/c1-10-8-11(2)28-14(9-16(37-5)26(35)38-22(10)13(4)33)6-7-15-17(28)21(34)12(3)23(24(15)40-28)39-27(36)20-18(29)19(30)25(31)32-20/h6-8,10,12-17,21-24,32-34H,9H2,1-5H3/b11-8+/t10-,12-,13?,14?,15-,16+,17+,21-,22+,23-,24-,28+/m1/s1. The largest absolute Gasteiger partial charge is 0.457 e. The second-order valence-corrected chi connectivity index (χ2v) is 14.7. The van der Waals surface area contributed by atoms with Gasteiger partial charge in [-0.2, -0.15) is 0 Å². The molecule has 9 nitrogen and oxygen atoms in total. The maximum atomic E-state index is 13.4. The molecule has 4 aliphatic rings. The van der Waals surface area contributed by atoms with Crippen LogP contribution < -0.4 is 0 Å². The fourth-order valence-corrected chi connectivity index (χ4v) is 9.33. The zero-order chi connectivity index (χ0) is 29.3. The molecular weight excluding hydrogens is 859 g/mol. The number of rotatable bonds is 4. The molecule has 1 saturated heterocycles. The van der Waals surface area contributed by atoms with E-state index in [0.29, 0.717) is 5.69 Å². The van der Waals surface area contributed by atoms with Gasteiger partial charge in [0, 0.05) is 36.7 Å². The number of H-pyrrole nitrogens is 1. The zero-order valence-electron chi connectivity index (χ0n) is 22.8. The predicted octanol–water partition coefficient (Wildman–Crippen LogP) is 4.21. The highest BCUT2D eigenvalue weighted by Crippen LogP contribution is 2.61. The molecular formula is C28H34I3NO8. The van der Waals surface area contributed by atoms with Gasteiger partial charge in [0.1, 0.15) is 29.6 Å². The quantitative estimate of drug-likeness (QED) is 0.234. The molecule has 3 N–H and O–H groups in total. The minimum atomic E-state index is -0.948. The molecule has 0 amide bonds. The summed E-state index contributed by atoms with van der Waals surface area (Å²) in [6.45, 7) is 7.37. The number of hydrogen-bond donors (Lipinski definition) is 3. The smallest absolute Gasteiger partial charge is 0.356 e. The Bertz CT molecular complexity index is 1250. The molecule has 2 fully saturated rings. The van der Waals surface area contributed by atoms with E-state index in [-0.39, 0.29) is 36.0 Å². The Morgan fingerprint density at radius 1 is 1.23 bits per heavy atom. The number of hydrogen-bond acceptors (Lipinski definition) is 8. The molecule has 1 aromatic heterocycles. The summed E-state index contributed by atoms with van der Waals surface area (Å²) in [4.78, 5) is 29.6. The Labute approximate surface area is 274 Å². The van der Waals surface area contributed by atoms with Crippen LogP contribution in [0.15, 0.2) is 23.8 Å². The van der Waals surface area contributed by atoms with Gasteiger partial charge < -0.3 is 34.1 Å². The van der Waals surface area contributed by atoms with Gasteiger partial charge in [-0.15, -0.1) is 0 Å². The fourth-order valence-electron chi connectivity index (χ4n) is 7.25. The summed E-state index contributed by atoms with van der Waals surface area (Å²) in [5.41, 5.74) is 0.336. The van der Waals surface area contributed by atoms with Gasteiger partial charge in [-0.05, 0) is 93.6 Å². The Kier molecular flexibility index (Phi) is 9.09. The average Bonchev–Trinajstić information content (AvgIpc) is 3.28. The topological polar surface area (TPSA) is 127 Å². The molecule has 4 bridgehead atoms. The monoisotopic (exact) mass is 893 g/mol. The molecule has 2 unspecified atom stereocenters. The van der Waals surface area contributed by atoms with Crippen LogP contribution in [0.4, 0.5) is 0 Å². The first-order valence-corrected chi connectivity index (χ1v) is 16.6. The normalized spacial score (nSPS) is 42.9. The molecule has 2 aliphatic heterocycles. The van der Waals surface area contributed by atoms with Gasteiger partial charge in [0.25, 0.3) is 0 Å². The minimum Gasteiger partial charge on any atom is -0.457 e. The summed E-state index contributed by atoms with van der Waals surface area (Å²) < 4.78 is 27.1. The van der Waals surface area contributed by atoms with Crippen molar-refractivity contribution in [2.75, 3.05) is 7.11 Å². The highest BCUT2D eigenvalue weighted by molar-refractivity contribution is 14.1. The number of cyclic esters (lactones) is 1. The van der Waals surface area contributed by atoms with E-state index in [2.05, 4.69) is 78.8 Å². The Morgan fingerprint density at radius 3 is 2.52 bits per heavy atom. The first-order chi connectivity index (χ1) is 18.8. The van der Waals surface area contributed by atoms with Gasteiger partial charge in [0.15, 0.2) is 6.10 Å². The van der Waals surface area contributed by atoms with Crippen molar-refractivity contribution in [2.24, 2.45) is 29.6 Å². The first kappa shape index (κ1) is 31.2. The molecule has 0 aromatic carbocycles.